The minimum Gasteiger partial charge on any atom is -0.159 e. The van der Waals surface area contributed by atoms with E-state index in [1.54, 1.807) is 6.20 Å². The summed E-state index contributed by atoms with van der Waals surface area (Å²) in [5.41, 5.74) is 2.80. The van der Waals surface area contributed by atoms with Crippen molar-refractivity contribution in [1.82, 2.24) is 10.2 Å². The van der Waals surface area contributed by atoms with Gasteiger partial charge in [0.05, 0.1) is 5.69 Å². The van der Waals surface area contributed by atoms with Crippen LogP contribution in [0.2, 0.25) is 0 Å². The first-order valence-electron chi connectivity index (χ1n) is 4.40. The standard InChI is InChI=1S/C12H10N2/c1-10(11-6-3-2-4-7-11)12-8-5-9-13-14-12/h2-9H,1H2. The Morgan fingerprint density at radius 1 is 1.00 bits per heavy atom. The van der Waals surface area contributed by atoms with Gasteiger partial charge in [-0.1, -0.05) is 36.9 Å². The van der Waals surface area contributed by atoms with Gasteiger partial charge in [0.2, 0.25) is 0 Å². The SMILES string of the molecule is C=C(c1ccccc1)c1cccnn1. The molecule has 0 bridgehead atoms. The highest BCUT2D eigenvalue weighted by atomic mass is 15.1. The Morgan fingerprint density at radius 2 is 1.79 bits per heavy atom. The van der Waals surface area contributed by atoms with E-state index in [4.69, 9.17) is 0 Å². The van der Waals surface area contributed by atoms with Crippen LogP contribution in [0, 0.1) is 0 Å². The maximum Gasteiger partial charge on any atom is 0.0929 e. The summed E-state index contributed by atoms with van der Waals surface area (Å²) in [6.07, 6.45) is 1.65. The molecule has 1 aromatic carbocycles. The van der Waals surface area contributed by atoms with Crippen LogP contribution in [0.25, 0.3) is 5.57 Å². The third-order valence-electron chi connectivity index (χ3n) is 2.00. The summed E-state index contributed by atoms with van der Waals surface area (Å²) >= 11 is 0. The lowest BCUT2D eigenvalue weighted by molar-refractivity contribution is 1.01. The van der Waals surface area contributed by atoms with Gasteiger partial charge >= 0.3 is 0 Å². The molecule has 0 fully saturated rings. The van der Waals surface area contributed by atoms with E-state index >= 15 is 0 Å². The molecule has 2 aromatic rings. The summed E-state index contributed by atoms with van der Waals surface area (Å²) in [5.74, 6) is 0. The van der Waals surface area contributed by atoms with E-state index in [0.29, 0.717) is 0 Å². The van der Waals surface area contributed by atoms with Crippen molar-refractivity contribution in [3.05, 3.63) is 66.5 Å². The van der Waals surface area contributed by atoms with Crippen molar-refractivity contribution in [3.8, 4) is 0 Å². The molecule has 0 saturated carbocycles. The number of aromatic nitrogens is 2. The molecule has 0 amide bonds. The molecule has 0 aliphatic carbocycles. The molecular weight excluding hydrogens is 172 g/mol. The van der Waals surface area contributed by atoms with Crippen molar-refractivity contribution in [1.29, 1.82) is 0 Å². The quantitative estimate of drug-likeness (QED) is 0.713. The van der Waals surface area contributed by atoms with Crippen LogP contribution in [-0.4, -0.2) is 10.2 Å². The van der Waals surface area contributed by atoms with Gasteiger partial charge in [-0.3, -0.25) is 0 Å². The molecule has 2 nitrogen and oxygen atoms in total. The fraction of sp³-hybridized carbons (Fsp3) is 0. The molecule has 1 aromatic heterocycles. The second-order valence-corrected chi connectivity index (χ2v) is 2.95. The van der Waals surface area contributed by atoms with Crippen molar-refractivity contribution in [3.63, 3.8) is 0 Å². The first-order chi connectivity index (χ1) is 6.88. The van der Waals surface area contributed by atoms with Gasteiger partial charge in [-0.25, -0.2) is 0 Å². The number of benzene rings is 1. The fourth-order valence-electron chi connectivity index (χ4n) is 1.25. The molecule has 14 heavy (non-hydrogen) atoms. The fourth-order valence-corrected chi connectivity index (χ4v) is 1.25. The second-order valence-electron chi connectivity index (χ2n) is 2.95. The monoisotopic (exact) mass is 182 g/mol. The molecule has 68 valence electrons. The maximum absolute atomic E-state index is 4.01. The Labute approximate surface area is 82.9 Å². The van der Waals surface area contributed by atoms with Crippen LogP contribution in [0.3, 0.4) is 0 Å². The van der Waals surface area contributed by atoms with Gasteiger partial charge in [0.15, 0.2) is 0 Å². The van der Waals surface area contributed by atoms with Gasteiger partial charge in [0, 0.05) is 11.8 Å². The van der Waals surface area contributed by atoms with E-state index < -0.39 is 0 Å². The van der Waals surface area contributed by atoms with Gasteiger partial charge in [-0.15, -0.1) is 0 Å². The van der Waals surface area contributed by atoms with E-state index in [9.17, 15) is 0 Å². The van der Waals surface area contributed by atoms with Crippen LogP contribution in [0.4, 0.5) is 0 Å². The van der Waals surface area contributed by atoms with Gasteiger partial charge in [-0.05, 0) is 17.7 Å². The van der Waals surface area contributed by atoms with E-state index in [-0.39, 0.29) is 0 Å². The zero-order valence-electron chi connectivity index (χ0n) is 7.72. The van der Waals surface area contributed by atoms with Gasteiger partial charge < -0.3 is 0 Å². The molecule has 0 aliphatic heterocycles. The Hall–Kier alpha value is -1.96. The molecule has 0 aliphatic rings. The van der Waals surface area contributed by atoms with Crippen molar-refractivity contribution in [2.24, 2.45) is 0 Å². The van der Waals surface area contributed by atoms with Crippen molar-refractivity contribution < 1.29 is 0 Å². The Bertz CT molecular complexity index is 379. The normalized spacial score (nSPS) is 9.71. The highest BCUT2D eigenvalue weighted by Crippen LogP contribution is 2.17. The van der Waals surface area contributed by atoms with Crippen LogP contribution in [-0.2, 0) is 0 Å². The first kappa shape index (κ1) is 8.63. The minimum atomic E-state index is 0.818. The molecule has 1 heterocycles. The smallest absolute Gasteiger partial charge is 0.0929 e. The average Bonchev–Trinajstić information content (AvgIpc) is 2.30. The van der Waals surface area contributed by atoms with Gasteiger partial charge in [0.25, 0.3) is 0 Å². The lowest BCUT2D eigenvalue weighted by Crippen LogP contribution is -1.91. The third-order valence-corrected chi connectivity index (χ3v) is 2.00. The summed E-state index contributed by atoms with van der Waals surface area (Å²) < 4.78 is 0. The Balaban J connectivity index is 2.35. The molecule has 0 radical (unpaired) electrons. The number of hydrogen-bond acceptors (Lipinski definition) is 2. The predicted molar refractivity (Wildman–Crippen MR) is 56.6 cm³/mol. The molecule has 0 unspecified atom stereocenters. The summed E-state index contributed by atoms with van der Waals surface area (Å²) in [7, 11) is 0. The van der Waals surface area contributed by atoms with Crippen molar-refractivity contribution in [2.45, 2.75) is 0 Å². The lowest BCUT2D eigenvalue weighted by Gasteiger charge is -2.02. The topological polar surface area (TPSA) is 25.8 Å². The Kier molecular flexibility index (Phi) is 2.36. The summed E-state index contributed by atoms with van der Waals surface area (Å²) in [6, 6.07) is 13.7. The highest BCUT2D eigenvalue weighted by Gasteiger charge is 2.01. The average molecular weight is 182 g/mol. The van der Waals surface area contributed by atoms with Crippen LogP contribution in [0.1, 0.15) is 11.3 Å². The molecule has 0 atom stereocenters. The third kappa shape index (κ3) is 1.69. The van der Waals surface area contributed by atoms with E-state index in [0.717, 1.165) is 16.8 Å². The summed E-state index contributed by atoms with van der Waals surface area (Å²) in [4.78, 5) is 0. The van der Waals surface area contributed by atoms with E-state index in [2.05, 4.69) is 16.8 Å². The number of nitrogens with zero attached hydrogens (tertiary/aromatic N) is 2. The van der Waals surface area contributed by atoms with Crippen LogP contribution in [0.15, 0.2) is 55.2 Å². The van der Waals surface area contributed by atoms with Gasteiger partial charge in [0.1, 0.15) is 0 Å². The largest absolute Gasteiger partial charge is 0.159 e. The maximum atomic E-state index is 4.01. The molecule has 2 heteroatoms. The van der Waals surface area contributed by atoms with Crippen molar-refractivity contribution >= 4 is 5.57 Å². The molecule has 0 saturated heterocycles. The first-order valence-corrected chi connectivity index (χ1v) is 4.40. The minimum absolute atomic E-state index is 0.818. The van der Waals surface area contributed by atoms with Crippen molar-refractivity contribution in [2.75, 3.05) is 0 Å². The molecular formula is C12H10N2. The van der Waals surface area contributed by atoms with Crippen LogP contribution < -0.4 is 0 Å². The lowest BCUT2D eigenvalue weighted by atomic mass is 10.1. The summed E-state index contributed by atoms with van der Waals surface area (Å²) in [6.45, 7) is 3.99. The number of hydrogen-bond donors (Lipinski definition) is 0. The predicted octanol–water partition coefficient (Wildman–Crippen LogP) is 2.54. The number of rotatable bonds is 2. The zero-order valence-corrected chi connectivity index (χ0v) is 7.72. The summed E-state index contributed by atoms with van der Waals surface area (Å²) in [5, 5.41) is 7.83. The molecule has 2 rings (SSSR count). The van der Waals surface area contributed by atoms with E-state index in [1.807, 2.05) is 42.5 Å². The van der Waals surface area contributed by atoms with E-state index in [1.165, 1.54) is 0 Å². The molecule has 0 spiro atoms. The van der Waals surface area contributed by atoms with Crippen LogP contribution in [0.5, 0.6) is 0 Å². The molecule has 0 N–H and O–H groups in total. The zero-order chi connectivity index (χ0) is 9.80. The van der Waals surface area contributed by atoms with Gasteiger partial charge in [-0.2, -0.15) is 10.2 Å². The highest BCUT2D eigenvalue weighted by molar-refractivity contribution is 5.75. The van der Waals surface area contributed by atoms with Crippen LogP contribution >= 0.6 is 0 Å². The second kappa shape index (κ2) is 3.83. The Morgan fingerprint density at radius 3 is 2.43 bits per heavy atom.